The Hall–Kier alpha value is 0.699. The van der Waals surface area contributed by atoms with Crippen molar-refractivity contribution in [3.63, 3.8) is 0 Å². The van der Waals surface area contributed by atoms with Gasteiger partial charge in [0, 0.05) is 113 Å². The second-order valence-electron chi connectivity index (χ2n) is 9.74. The first-order valence-electron chi connectivity index (χ1n) is 11.5. The molecule has 43 heavy (non-hydrogen) atoms. The van der Waals surface area contributed by atoms with Gasteiger partial charge in [-0.25, -0.2) is 0 Å². The number of likely N-dealkylation sites (N-methyl/N-ethyl adjacent to an activating group) is 6. The molecule has 2 aliphatic heterocycles. The molecule has 0 unspecified atom stereocenters. The van der Waals surface area contributed by atoms with Crippen molar-refractivity contribution >= 4 is 15.6 Å². The average Bonchev–Trinajstić information content (AvgIpc) is 2.76. The third kappa shape index (κ3) is 75.0. The quantitative estimate of drug-likeness (QED) is 0.209. The molecule has 0 bridgehead atoms. The molecule has 0 aromatic rings. The summed E-state index contributed by atoms with van der Waals surface area (Å²) in [6.45, 7) is 14.4. The molecule has 25 heteroatoms. The Morgan fingerprint density at radius 2 is 0.326 bits per heavy atom. The maximum Gasteiger partial charge on any atom is 0 e. The summed E-state index contributed by atoms with van der Waals surface area (Å²) in [7, 11) is -8.11. The van der Waals surface area contributed by atoms with E-state index in [1.807, 2.05) is 0 Å². The van der Waals surface area contributed by atoms with Crippen LogP contribution in [0.25, 0.3) is 0 Å². The van der Waals surface area contributed by atoms with Crippen molar-refractivity contribution in [1.29, 1.82) is 0 Å². The zero-order valence-electron chi connectivity index (χ0n) is 24.9. The summed E-state index contributed by atoms with van der Waals surface area (Å²) >= 11 is 0. The van der Waals surface area contributed by atoms with Gasteiger partial charge in [0.25, 0.3) is 0 Å². The van der Waals surface area contributed by atoms with E-state index in [2.05, 4.69) is 71.7 Å². The predicted molar refractivity (Wildman–Crippen MR) is 143 cm³/mol. The molecule has 0 amide bonds. The topological polar surface area (TPSA) is 114 Å². The molecule has 278 valence electrons. The fourth-order valence-corrected chi connectivity index (χ4v) is 2.72. The van der Waals surface area contributed by atoms with Crippen molar-refractivity contribution in [2.75, 3.05) is 121 Å². The van der Waals surface area contributed by atoms with Crippen molar-refractivity contribution < 1.29 is 101 Å². The van der Waals surface area contributed by atoms with E-state index in [4.69, 9.17) is 0 Å². The van der Waals surface area contributed by atoms with Crippen LogP contribution in [0.15, 0.2) is 0 Å². The van der Waals surface area contributed by atoms with E-state index in [1.54, 1.807) is 0 Å². The molecule has 0 aromatic heterocycles. The third-order valence-electron chi connectivity index (χ3n) is 5.18. The minimum Gasteiger partial charge on any atom is -0.412 e. The van der Waals surface area contributed by atoms with E-state index in [9.17, 15) is 50.4 Å². The maximum absolute atomic E-state index is 10.7. The van der Waals surface area contributed by atoms with Gasteiger partial charge in [0.15, 0.2) is 0 Å². The molecule has 0 spiro atoms. The van der Waals surface area contributed by atoms with Crippen LogP contribution in [0.1, 0.15) is 0 Å². The van der Waals surface area contributed by atoms with Crippen molar-refractivity contribution in [3.8, 4) is 0 Å². The fraction of sp³-hybridized carbons (Fsp3) is 1.00. The normalized spacial score (nSPS) is 22.2. The maximum atomic E-state index is 9.87. The zero-order valence-corrected chi connectivity index (χ0v) is 29.0. The standard InChI is InChI=1S/2C9H21N3.2F6P.2Mn.3H2O/c2*1-10-4-6-11(2)8-9-12(3)7-5-10;2*1-7(2,3,4,5)6;;;;;/h2*4-9H2,1-3H3;;;;;3*1H2/q;;2*-1;;;;;. The Bertz CT molecular complexity index is 551. The third-order valence-corrected chi connectivity index (χ3v) is 5.18. The van der Waals surface area contributed by atoms with Gasteiger partial charge in [0.1, 0.15) is 0 Å². The summed E-state index contributed by atoms with van der Waals surface area (Å²) in [6.07, 6.45) is 0. The minimum absolute atomic E-state index is 0. The molecule has 2 aliphatic rings. The molecule has 2 saturated heterocycles. The average molecular weight is 796 g/mol. The monoisotopic (exact) mass is 796 g/mol. The van der Waals surface area contributed by atoms with Gasteiger partial charge in [0.05, 0.1) is 0 Å². The van der Waals surface area contributed by atoms with Crippen LogP contribution in [0.4, 0.5) is 50.4 Å². The molecular formula is C18H48F12Mn2N6O3P2-2. The first kappa shape index (κ1) is 59.2. The van der Waals surface area contributed by atoms with E-state index in [0.29, 0.717) is 0 Å². The van der Waals surface area contributed by atoms with Gasteiger partial charge < -0.3 is 45.8 Å². The smallest absolute Gasteiger partial charge is 0 e. The molecule has 0 saturated carbocycles. The van der Waals surface area contributed by atoms with Gasteiger partial charge in [-0.3, -0.25) is 0 Å². The molecule has 2 rings (SSSR count). The second-order valence-corrected chi connectivity index (χ2v) is 13.6. The molecule has 2 heterocycles. The minimum atomic E-state index is -10.7. The molecule has 2 fully saturated rings. The van der Waals surface area contributed by atoms with E-state index >= 15 is 0 Å². The molecule has 0 aromatic carbocycles. The second kappa shape index (κ2) is 20.2. The Labute approximate surface area is 266 Å². The summed E-state index contributed by atoms with van der Waals surface area (Å²) in [6, 6.07) is 0. The van der Waals surface area contributed by atoms with Crippen LogP contribution in [-0.4, -0.2) is 167 Å². The molecule has 9 nitrogen and oxygen atoms in total. The molecule has 6 N–H and O–H groups in total. The van der Waals surface area contributed by atoms with E-state index in [0.717, 1.165) is 0 Å². The van der Waals surface area contributed by atoms with Crippen LogP contribution in [0.5, 0.6) is 0 Å². The Morgan fingerprint density at radius 3 is 0.372 bits per heavy atom. The van der Waals surface area contributed by atoms with Gasteiger partial charge in [-0.15, -0.1) is 0 Å². The van der Waals surface area contributed by atoms with Crippen LogP contribution in [0.2, 0.25) is 0 Å². The van der Waals surface area contributed by atoms with Crippen molar-refractivity contribution in [2.45, 2.75) is 0 Å². The molecule has 0 aliphatic carbocycles. The van der Waals surface area contributed by atoms with Gasteiger partial charge in [-0.05, 0) is 42.3 Å². The summed E-state index contributed by atoms with van der Waals surface area (Å²) < 4.78 is 118. The number of hydrogen-bond donors (Lipinski definition) is 0. The summed E-state index contributed by atoms with van der Waals surface area (Å²) in [5, 5.41) is 0. The van der Waals surface area contributed by atoms with Crippen molar-refractivity contribution in [3.05, 3.63) is 0 Å². The number of rotatable bonds is 0. The molecule has 2 radical (unpaired) electrons. The predicted octanol–water partition coefficient (Wildman–Crippen LogP) is 3.88. The fourth-order valence-electron chi connectivity index (χ4n) is 2.72. The van der Waals surface area contributed by atoms with Gasteiger partial charge in [0.2, 0.25) is 0 Å². The van der Waals surface area contributed by atoms with Crippen LogP contribution in [0, 0.1) is 0 Å². The Balaban J connectivity index is -0.0000000797. The van der Waals surface area contributed by atoms with Crippen LogP contribution in [0.3, 0.4) is 0 Å². The summed E-state index contributed by atoms with van der Waals surface area (Å²) in [5.74, 6) is 0. The van der Waals surface area contributed by atoms with Crippen molar-refractivity contribution in [2.24, 2.45) is 0 Å². The molecular weight excluding hydrogens is 748 g/mol. The molecule has 0 atom stereocenters. The van der Waals surface area contributed by atoms with Crippen LogP contribution in [-0.2, 0) is 34.1 Å². The first-order chi connectivity index (χ1) is 16.3. The largest absolute Gasteiger partial charge is 0.412 e. The van der Waals surface area contributed by atoms with Crippen molar-refractivity contribution in [1.82, 2.24) is 29.4 Å². The number of halogens is 12. The van der Waals surface area contributed by atoms with Gasteiger partial charge >= 0.3 is 66.0 Å². The Morgan fingerprint density at radius 1 is 0.279 bits per heavy atom. The number of hydrogen-bond acceptors (Lipinski definition) is 6. The zero-order chi connectivity index (χ0) is 30.8. The van der Waals surface area contributed by atoms with Gasteiger partial charge in [-0.2, -0.15) is 0 Å². The van der Waals surface area contributed by atoms with E-state index in [1.165, 1.54) is 78.5 Å². The van der Waals surface area contributed by atoms with Crippen LogP contribution >= 0.6 is 15.6 Å². The van der Waals surface area contributed by atoms with Crippen LogP contribution < -0.4 is 0 Å². The van der Waals surface area contributed by atoms with Gasteiger partial charge in [-0.1, -0.05) is 0 Å². The SMILES string of the molecule is CN1CCN(C)CCN(C)CC1.CN1CCN(C)CCN(C)CC1.F[P-](F)(F)(F)(F)F.F[P-](F)(F)(F)(F)F.O.O.O.[Mn].[Mn]. The summed E-state index contributed by atoms with van der Waals surface area (Å²) in [5.41, 5.74) is 0. The Kier molecular flexibility index (Phi) is 27.7. The first-order valence-corrected chi connectivity index (χ1v) is 15.6. The number of nitrogens with zero attached hydrogens (tertiary/aromatic N) is 6. The van der Waals surface area contributed by atoms with E-state index in [-0.39, 0.29) is 50.6 Å². The van der Waals surface area contributed by atoms with E-state index < -0.39 is 15.6 Å². The summed E-state index contributed by atoms with van der Waals surface area (Å²) in [4.78, 5) is 14.4.